The Kier molecular flexibility index (Phi) is 4.76. The lowest BCUT2D eigenvalue weighted by molar-refractivity contribution is 0.883. The van der Waals surface area contributed by atoms with Gasteiger partial charge in [0.15, 0.2) is 0 Å². The van der Waals surface area contributed by atoms with E-state index in [4.69, 9.17) is 23.2 Å². The minimum atomic E-state index is -0.403. The summed E-state index contributed by atoms with van der Waals surface area (Å²) < 4.78 is 2.29. The van der Waals surface area contributed by atoms with E-state index in [0.717, 1.165) is 24.1 Å². The van der Waals surface area contributed by atoms with Crippen molar-refractivity contribution in [1.29, 1.82) is 0 Å². The fourth-order valence-corrected chi connectivity index (χ4v) is 3.34. The number of nitrogens with zero attached hydrogens (tertiary/aromatic N) is 2. The zero-order valence-electron chi connectivity index (χ0n) is 12.3. The second-order valence-corrected chi connectivity index (χ2v) is 6.80. The van der Waals surface area contributed by atoms with Gasteiger partial charge in [0.05, 0.1) is 16.2 Å². The molecule has 0 aliphatic carbocycles. The Balaban J connectivity index is 2.43. The summed E-state index contributed by atoms with van der Waals surface area (Å²) in [6.07, 6.45) is 1.86. The summed E-state index contributed by atoms with van der Waals surface area (Å²) in [7, 11) is 0. The molecular weight excluding hydrogens is 399 g/mol. The largest absolute Gasteiger partial charge is 0.354 e. The van der Waals surface area contributed by atoms with Gasteiger partial charge in [-0.3, -0.25) is 4.57 Å². The molecule has 6 heteroatoms. The lowest BCUT2D eigenvalue weighted by Gasteiger charge is -2.15. The number of hydrogen-bond acceptors (Lipinski definition) is 2. The van der Waals surface area contributed by atoms with E-state index in [1.54, 1.807) is 16.7 Å². The number of hydrogen-bond donors (Lipinski definition) is 0. The second kappa shape index (κ2) is 6.63. The summed E-state index contributed by atoms with van der Waals surface area (Å²) in [5.41, 5.74) is 2.19. The molecule has 1 heterocycles. The first kappa shape index (κ1) is 16.5. The standard InChI is InChI=1S/C17H13BrCl2N2O/c1-2-5-10-6-3-4-7-14(10)22-15-9-12(18)13(19)8-11(15)16(20)21-17(22)23/h3-4,6-9H,2,5H2,1H3. The van der Waals surface area contributed by atoms with Crippen molar-refractivity contribution in [3.8, 4) is 5.69 Å². The molecule has 0 radical (unpaired) electrons. The number of benzene rings is 2. The number of rotatable bonds is 3. The summed E-state index contributed by atoms with van der Waals surface area (Å²) in [5, 5.41) is 1.32. The third-order valence-corrected chi connectivity index (χ3v) is 5.12. The van der Waals surface area contributed by atoms with Gasteiger partial charge in [0.1, 0.15) is 5.15 Å². The average molecular weight is 412 g/mol. The van der Waals surface area contributed by atoms with Crippen molar-refractivity contribution in [2.45, 2.75) is 19.8 Å². The SMILES string of the molecule is CCCc1ccccc1-n1c(=O)nc(Cl)c2cc(Cl)c(Br)cc21. The highest BCUT2D eigenvalue weighted by molar-refractivity contribution is 9.10. The van der Waals surface area contributed by atoms with E-state index in [1.165, 1.54) is 0 Å². The van der Waals surface area contributed by atoms with Gasteiger partial charge in [0.2, 0.25) is 0 Å². The van der Waals surface area contributed by atoms with Crippen LogP contribution in [0.4, 0.5) is 0 Å². The molecule has 0 bridgehead atoms. The molecule has 118 valence electrons. The Bertz CT molecular complexity index is 953. The van der Waals surface area contributed by atoms with Gasteiger partial charge in [-0.15, -0.1) is 0 Å². The normalized spacial score (nSPS) is 11.1. The van der Waals surface area contributed by atoms with Crippen molar-refractivity contribution in [1.82, 2.24) is 9.55 Å². The Labute approximate surface area is 152 Å². The van der Waals surface area contributed by atoms with Gasteiger partial charge in [-0.05, 0) is 46.1 Å². The predicted octanol–water partition coefficient (Wildman–Crippen LogP) is 5.41. The number of fused-ring (bicyclic) bond motifs is 1. The average Bonchev–Trinajstić information content (AvgIpc) is 2.51. The van der Waals surface area contributed by atoms with Crippen LogP contribution < -0.4 is 5.69 Å². The quantitative estimate of drug-likeness (QED) is 0.540. The van der Waals surface area contributed by atoms with Gasteiger partial charge in [-0.1, -0.05) is 54.7 Å². The zero-order valence-corrected chi connectivity index (χ0v) is 15.4. The summed E-state index contributed by atoms with van der Waals surface area (Å²) in [4.78, 5) is 16.5. The van der Waals surface area contributed by atoms with Gasteiger partial charge in [0, 0.05) is 9.86 Å². The first-order chi connectivity index (χ1) is 11.0. The molecular formula is C17H13BrCl2N2O. The Morgan fingerprint density at radius 1 is 1.22 bits per heavy atom. The van der Waals surface area contributed by atoms with E-state index in [1.807, 2.05) is 24.3 Å². The molecule has 0 amide bonds. The maximum absolute atomic E-state index is 12.5. The fraction of sp³-hybridized carbons (Fsp3) is 0.176. The molecule has 0 spiro atoms. The minimum absolute atomic E-state index is 0.156. The van der Waals surface area contributed by atoms with Crippen LogP contribution in [0.15, 0.2) is 45.7 Å². The molecule has 0 saturated heterocycles. The van der Waals surface area contributed by atoms with E-state index < -0.39 is 5.69 Å². The van der Waals surface area contributed by atoms with Gasteiger partial charge < -0.3 is 0 Å². The van der Waals surface area contributed by atoms with Crippen molar-refractivity contribution in [3.05, 3.63) is 67.1 Å². The van der Waals surface area contributed by atoms with Crippen molar-refractivity contribution in [3.63, 3.8) is 0 Å². The molecule has 0 unspecified atom stereocenters. The maximum Gasteiger partial charge on any atom is 0.354 e. The van der Waals surface area contributed by atoms with Crippen LogP contribution >= 0.6 is 39.1 Å². The highest BCUT2D eigenvalue weighted by Crippen LogP contribution is 2.31. The lowest BCUT2D eigenvalue weighted by Crippen LogP contribution is -2.23. The third-order valence-electron chi connectivity index (χ3n) is 3.64. The molecule has 0 aliphatic heterocycles. The fourth-order valence-electron chi connectivity index (χ4n) is 2.63. The first-order valence-electron chi connectivity index (χ1n) is 7.18. The Morgan fingerprint density at radius 3 is 2.70 bits per heavy atom. The zero-order chi connectivity index (χ0) is 16.6. The number of halogens is 3. The predicted molar refractivity (Wildman–Crippen MR) is 99.1 cm³/mol. The second-order valence-electron chi connectivity index (χ2n) is 5.18. The molecule has 23 heavy (non-hydrogen) atoms. The molecule has 1 aromatic heterocycles. The number of aryl methyl sites for hydroxylation is 1. The van der Waals surface area contributed by atoms with Crippen LogP contribution in [0.2, 0.25) is 10.2 Å². The van der Waals surface area contributed by atoms with Crippen LogP contribution in [-0.4, -0.2) is 9.55 Å². The van der Waals surface area contributed by atoms with Crippen LogP contribution in [0.3, 0.4) is 0 Å². The molecule has 2 aromatic carbocycles. The van der Waals surface area contributed by atoms with E-state index in [2.05, 4.69) is 27.8 Å². The smallest absolute Gasteiger partial charge is 0.260 e. The molecule has 0 fully saturated rings. The summed E-state index contributed by atoms with van der Waals surface area (Å²) in [6, 6.07) is 11.3. The van der Waals surface area contributed by atoms with Crippen LogP contribution in [0.1, 0.15) is 18.9 Å². The lowest BCUT2D eigenvalue weighted by atomic mass is 10.1. The molecule has 3 rings (SSSR count). The third kappa shape index (κ3) is 3.03. The molecule has 3 nitrogen and oxygen atoms in total. The minimum Gasteiger partial charge on any atom is -0.260 e. The monoisotopic (exact) mass is 410 g/mol. The van der Waals surface area contributed by atoms with Crippen molar-refractivity contribution in [2.24, 2.45) is 0 Å². The molecule has 3 aromatic rings. The van der Waals surface area contributed by atoms with Gasteiger partial charge in [0.25, 0.3) is 0 Å². The van der Waals surface area contributed by atoms with Crippen molar-refractivity contribution >= 4 is 50.0 Å². The van der Waals surface area contributed by atoms with E-state index >= 15 is 0 Å². The molecule has 0 atom stereocenters. The summed E-state index contributed by atoms with van der Waals surface area (Å²) >= 11 is 15.7. The highest BCUT2D eigenvalue weighted by atomic mass is 79.9. The van der Waals surface area contributed by atoms with E-state index in [-0.39, 0.29) is 5.15 Å². The van der Waals surface area contributed by atoms with Crippen LogP contribution in [-0.2, 0) is 6.42 Å². The first-order valence-corrected chi connectivity index (χ1v) is 8.73. The van der Waals surface area contributed by atoms with E-state index in [9.17, 15) is 4.79 Å². The molecule has 0 saturated carbocycles. The van der Waals surface area contributed by atoms with Crippen LogP contribution in [0.5, 0.6) is 0 Å². The topological polar surface area (TPSA) is 34.9 Å². The maximum atomic E-state index is 12.5. The molecule has 0 N–H and O–H groups in total. The Morgan fingerprint density at radius 2 is 1.96 bits per heavy atom. The van der Waals surface area contributed by atoms with Gasteiger partial charge in [-0.2, -0.15) is 4.98 Å². The van der Waals surface area contributed by atoms with Crippen molar-refractivity contribution < 1.29 is 0 Å². The summed E-state index contributed by atoms with van der Waals surface area (Å²) in [5.74, 6) is 0. The van der Waals surface area contributed by atoms with Crippen LogP contribution in [0, 0.1) is 0 Å². The number of aromatic nitrogens is 2. The van der Waals surface area contributed by atoms with E-state index in [0.29, 0.717) is 20.4 Å². The van der Waals surface area contributed by atoms with Gasteiger partial charge in [-0.25, -0.2) is 4.79 Å². The molecule has 0 aliphatic rings. The summed E-state index contributed by atoms with van der Waals surface area (Å²) in [6.45, 7) is 2.11. The van der Waals surface area contributed by atoms with Crippen LogP contribution in [0.25, 0.3) is 16.6 Å². The Hall–Kier alpha value is -1.36. The van der Waals surface area contributed by atoms with Gasteiger partial charge >= 0.3 is 5.69 Å². The number of para-hydroxylation sites is 1. The van der Waals surface area contributed by atoms with Crippen molar-refractivity contribution in [2.75, 3.05) is 0 Å². The highest BCUT2D eigenvalue weighted by Gasteiger charge is 2.15.